The van der Waals surface area contributed by atoms with Gasteiger partial charge in [0.15, 0.2) is 11.5 Å². The second kappa shape index (κ2) is 8.03. The number of carbonyl (C=O) groups is 1. The average Bonchev–Trinajstić information content (AvgIpc) is 3.17. The SMILES string of the molecule is Cc1cc(COC(=O)C2CCN(S(=O)(=O)c3ccc4c(c3)OCCO4)CC2)no1. The van der Waals surface area contributed by atoms with Crippen LogP contribution in [-0.4, -0.2) is 50.2 Å². The largest absolute Gasteiger partial charge is 0.486 e. The predicted octanol–water partition coefficient (Wildman–Crippen LogP) is 1.90. The van der Waals surface area contributed by atoms with E-state index in [1.165, 1.54) is 16.4 Å². The lowest BCUT2D eigenvalue weighted by Gasteiger charge is -2.30. The van der Waals surface area contributed by atoms with Crippen LogP contribution in [0.2, 0.25) is 0 Å². The van der Waals surface area contributed by atoms with Gasteiger partial charge in [0.1, 0.15) is 31.3 Å². The summed E-state index contributed by atoms with van der Waals surface area (Å²) in [6.45, 7) is 3.14. The molecule has 10 heteroatoms. The molecule has 0 bridgehead atoms. The molecule has 0 radical (unpaired) electrons. The number of aryl methyl sites for hydroxylation is 1. The van der Waals surface area contributed by atoms with Crippen LogP contribution in [0.1, 0.15) is 24.3 Å². The summed E-state index contributed by atoms with van der Waals surface area (Å²) < 4.78 is 48.5. The third-order valence-corrected chi connectivity index (χ3v) is 6.87. The van der Waals surface area contributed by atoms with E-state index in [0.29, 0.717) is 49.0 Å². The standard InChI is InChI=1S/C19H22N2O7S/c1-13-10-15(20-28-13)12-27-19(22)14-4-6-21(7-5-14)29(23,24)16-2-3-17-18(11-16)26-9-8-25-17/h2-3,10-11,14H,4-9,12H2,1H3. The molecule has 3 heterocycles. The first-order valence-electron chi connectivity index (χ1n) is 9.42. The number of nitrogens with zero attached hydrogens (tertiary/aromatic N) is 2. The molecule has 156 valence electrons. The maximum Gasteiger partial charge on any atom is 0.309 e. The van der Waals surface area contributed by atoms with Crippen LogP contribution in [0, 0.1) is 12.8 Å². The van der Waals surface area contributed by atoms with E-state index in [0.717, 1.165) is 0 Å². The summed E-state index contributed by atoms with van der Waals surface area (Å²) in [6.07, 6.45) is 0.806. The average molecular weight is 422 g/mol. The van der Waals surface area contributed by atoms with Crippen LogP contribution in [0.5, 0.6) is 11.5 Å². The fraction of sp³-hybridized carbons (Fsp3) is 0.474. The van der Waals surface area contributed by atoms with E-state index in [1.807, 2.05) is 0 Å². The minimum absolute atomic E-state index is 0.0475. The Labute approximate surface area is 168 Å². The minimum Gasteiger partial charge on any atom is -0.486 e. The zero-order chi connectivity index (χ0) is 20.4. The number of esters is 1. The molecule has 1 aromatic heterocycles. The number of rotatable bonds is 5. The summed E-state index contributed by atoms with van der Waals surface area (Å²) in [5.41, 5.74) is 0.550. The molecule has 0 aliphatic carbocycles. The van der Waals surface area contributed by atoms with Gasteiger partial charge in [-0.15, -0.1) is 0 Å². The highest BCUT2D eigenvalue weighted by Gasteiger charge is 2.33. The fourth-order valence-electron chi connectivity index (χ4n) is 3.41. The predicted molar refractivity (Wildman–Crippen MR) is 100.0 cm³/mol. The highest BCUT2D eigenvalue weighted by molar-refractivity contribution is 7.89. The molecular formula is C19H22N2O7S. The van der Waals surface area contributed by atoms with Crippen molar-refractivity contribution in [2.75, 3.05) is 26.3 Å². The highest BCUT2D eigenvalue weighted by atomic mass is 32.2. The molecule has 0 unspecified atom stereocenters. The van der Waals surface area contributed by atoms with E-state index in [1.54, 1.807) is 19.1 Å². The van der Waals surface area contributed by atoms with Crippen LogP contribution in [0.3, 0.4) is 0 Å². The van der Waals surface area contributed by atoms with Gasteiger partial charge in [-0.2, -0.15) is 4.31 Å². The molecule has 1 saturated heterocycles. The number of carbonyl (C=O) groups excluding carboxylic acids is 1. The Balaban J connectivity index is 1.35. The van der Waals surface area contributed by atoms with E-state index >= 15 is 0 Å². The molecular weight excluding hydrogens is 400 g/mol. The molecule has 0 saturated carbocycles. The van der Waals surface area contributed by atoms with Crippen LogP contribution < -0.4 is 9.47 Å². The number of benzene rings is 1. The molecule has 2 aliphatic heterocycles. The Morgan fingerprint density at radius 3 is 2.59 bits per heavy atom. The Morgan fingerprint density at radius 2 is 1.90 bits per heavy atom. The molecule has 1 fully saturated rings. The van der Waals surface area contributed by atoms with Crippen LogP contribution in [0.25, 0.3) is 0 Å². The monoisotopic (exact) mass is 422 g/mol. The Kier molecular flexibility index (Phi) is 5.46. The van der Waals surface area contributed by atoms with Crippen molar-refractivity contribution in [1.29, 1.82) is 0 Å². The summed E-state index contributed by atoms with van der Waals surface area (Å²) >= 11 is 0. The summed E-state index contributed by atoms with van der Waals surface area (Å²) in [7, 11) is -3.67. The van der Waals surface area contributed by atoms with E-state index in [2.05, 4.69) is 5.16 Å². The van der Waals surface area contributed by atoms with Crippen molar-refractivity contribution in [1.82, 2.24) is 9.46 Å². The van der Waals surface area contributed by atoms with Gasteiger partial charge in [-0.1, -0.05) is 5.16 Å². The number of sulfonamides is 1. The molecule has 9 nitrogen and oxygen atoms in total. The first kappa shape index (κ1) is 19.7. The second-order valence-electron chi connectivity index (χ2n) is 7.02. The zero-order valence-corrected chi connectivity index (χ0v) is 16.8. The highest BCUT2D eigenvalue weighted by Crippen LogP contribution is 2.34. The smallest absolute Gasteiger partial charge is 0.309 e. The minimum atomic E-state index is -3.67. The first-order valence-corrected chi connectivity index (χ1v) is 10.9. The lowest BCUT2D eigenvalue weighted by Crippen LogP contribution is -2.40. The Bertz CT molecular complexity index is 994. The van der Waals surface area contributed by atoms with Crippen molar-refractivity contribution in [3.63, 3.8) is 0 Å². The first-order chi connectivity index (χ1) is 13.9. The zero-order valence-electron chi connectivity index (χ0n) is 16.0. The van der Waals surface area contributed by atoms with E-state index in [-0.39, 0.29) is 36.5 Å². The molecule has 0 N–H and O–H groups in total. The Hall–Kier alpha value is -2.59. The third kappa shape index (κ3) is 4.23. The lowest BCUT2D eigenvalue weighted by molar-refractivity contribution is -0.151. The van der Waals surface area contributed by atoms with Gasteiger partial charge in [0.05, 0.1) is 10.8 Å². The third-order valence-electron chi connectivity index (χ3n) is 4.98. The van der Waals surface area contributed by atoms with Crippen LogP contribution in [-0.2, 0) is 26.2 Å². The number of aromatic nitrogens is 1. The molecule has 0 spiro atoms. The maximum atomic E-state index is 13.0. The topological polar surface area (TPSA) is 108 Å². The lowest BCUT2D eigenvalue weighted by atomic mass is 9.98. The Morgan fingerprint density at radius 1 is 1.17 bits per heavy atom. The van der Waals surface area contributed by atoms with E-state index in [9.17, 15) is 13.2 Å². The molecule has 0 amide bonds. The van der Waals surface area contributed by atoms with Crippen molar-refractivity contribution in [2.45, 2.75) is 31.3 Å². The van der Waals surface area contributed by atoms with E-state index in [4.69, 9.17) is 18.7 Å². The maximum absolute atomic E-state index is 13.0. The molecule has 29 heavy (non-hydrogen) atoms. The van der Waals surface area contributed by atoms with Crippen LogP contribution in [0.4, 0.5) is 0 Å². The van der Waals surface area contributed by atoms with Crippen molar-refractivity contribution < 1.29 is 31.9 Å². The molecule has 0 atom stereocenters. The number of hydrogen-bond donors (Lipinski definition) is 0. The molecule has 4 rings (SSSR count). The molecule has 2 aromatic rings. The van der Waals surface area contributed by atoms with Gasteiger partial charge in [0, 0.05) is 25.2 Å². The van der Waals surface area contributed by atoms with Crippen LogP contribution >= 0.6 is 0 Å². The number of ether oxygens (including phenoxy) is 3. The van der Waals surface area contributed by atoms with Crippen molar-refractivity contribution >= 4 is 16.0 Å². The quantitative estimate of drug-likeness (QED) is 0.672. The summed E-state index contributed by atoms with van der Waals surface area (Å²) in [5.74, 6) is 0.934. The summed E-state index contributed by atoms with van der Waals surface area (Å²) in [4.78, 5) is 12.4. The summed E-state index contributed by atoms with van der Waals surface area (Å²) in [5, 5.41) is 3.78. The number of fused-ring (bicyclic) bond motifs is 1. The summed E-state index contributed by atoms with van der Waals surface area (Å²) in [6, 6.07) is 6.32. The van der Waals surface area contributed by atoms with Crippen LogP contribution in [0.15, 0.2) is 33.7 Å². The van der Waals surface area contributed by atoms with Crippen molar-refractivity contribution in [2.24, 2.45) is 5.92 Å². The molecule has 2 aliphatic rings. The van der Waals surface area contributed by atoms with Gasteiger partial charge < -0.3 is 18.7 Å². The normalized spacial score (nSPS) is 17.8. The van der Waals surface area contributed by atoms with E-state index < -0.39 is 10.0 Å². The van der Waals surface area contributed by atoms with Gasteiger partial charge in [-0.05, 0) is 31.9 Å². The number of piperidine rings is 1. The molecule has 1 aromatic carbocycles. The number of hydrogen-bond acceptors (Lipinski definition) is 8. The van der Waals surface area contributed by atoms with Gasteiger partial charge in [0.25, 0.3) is 0 Å². The van der Waals surface area contributed by atoms with Gasteiger partial charge in [-0.3, -0.25) is 4.79 Å². The van der Waals surface area contributed by atoms with Crippen molar-refractivity contribution in [3.05, 3.63) is 35.7 Å². The van der Waals surface area contributed by atoms with Gasteiger partial charge in [-0.25, -0.2) is 8.42 Å². The second-order valence-corrected chi connectivity index (χ2v) is 8.96. The fourth-order valence-corrected chi connectivity index (χ4v) is 4.90. The van der Waals surface area contributed by atoms with Crippen molar-refractivity contribution in [3.8, 4) is 11.5 Å². The van der Waals surface area contributed by atoms with Gasteiger partial charge >= 0.3 is 5.97 Å². The van der Waals surface area contributed by atoms with Gasteiger partial charge in [0.2, 0.25) is 10.0 Å².